The molecule has 0 unspecified atom stereocenters. The maximum atomic E-state index is 12.9. The maximum Gasteiger partial charge on any atom is 0.270 e. The summed E-state index contributed by atoms with van der Waals surface area (Å²) >= 11 is 11.7. The minimum absolute atomic E-state index is 0.122. The molecule has 0 spiro atoms. The van der Waals surface area contributed by atoms with E-state index in [9.17, 15) is 23.7 Å². The Morgan fingerprint density at radius 2 is 1.92 bits per heavy atom. The zero-order chi connectivity index (χ0) is 17.9. The van der Waals surface area contributed by atoms with Crippen LogP contribution in [0, 0.1) is 10.1 Å². The van der Waals surface area contributed by atoms with Gasteiger partial charge in [0, 0.05) is 22.8 Å². The van der Waals surface area contributed by atoms with Crippen LogP contribution in [0.4, 0.5) is 20.2 Å². The van der Waals surface area contributed by atoms with Crippen molar-refractivity contribution in [3.8, 4) is 0 Å². The summed E-state index contributed by atoms with van der Waals surface area (Å²) in [5.41, 5.74) is -0.259. The van der Waals surface area contributed by atoms with Crippen molar-refractivity contribution < 1.29 is 18.5 Å². The molecule has 0 saturated carbocycles. The molecule has 126 valence electrons. The second-order valence-corrected chi connectivity index (χ2v) is 5.55. The van der Waals surface area contributed by atoms with Crippen molar-refractivity contribution in [1.82, 2.24) is 0 Å². The Morgan fingerprint density at radius 1 is 1.21 bits per heavy atom. The van der Waals surface area contributed by atoms with Crippen molar-refractivity contribution in [2.75, 3.05) is 11.4 Å². The third-order valence-electron chi connectivity index (χ3n) is 3.08. The monoisotopic (exact) mass is 374 g/mol. The highest BCUT2D eigenvalue weighted by Crippen LogP contribution is 2.27. The number of carbonyl (C=O) groups is 1. The molecule has 2 aromatic rings. The first-order valence-corrected chi connectivity index (χ1v) is 7.34. The Morgan fingerprint density at radius 3 is 2.46 bits per heavy atom. The molecule has 5 nitrogen and oxygen atoms in total. The Labute approximate surface area is 145 Å². The molecule has 0 aliphatic carbocycles. The van der Waals surface area contributed by atoms with E-state index in [2.05, 4.69) is 0 Å². The molecule has 1 amide bonds. The summed E-state index contributed by atoms with van der Waals surface area (Å²) < 4.78 is 25.7. The molecule has 2 aromatic carbocycles. The Bertz CT molecular complexity index is 787. The number of hydrogen-bond donors (Lipinski definition) is 0. The summed E-state index contributed by atoms with van der Waals surface area (Å²) in [6, 6.07) is 9.07. The van der Waals surface area contributed by atoms with Crippen LogP contribution in [0.2, 0.25) is 10.0 Å². The van der Waals surface area contributed by atoms with Crippen molar-refractivity contribution >= 4 is 40.5 Å². The van der Waals surface area contributed by atoms with Gasteiger partial charge in [0.05, 0.1) is 22.1 Å². The number of non-ortho nitro benzene ring substituents is 1. The fourth-order valence-electron chi connectivity index (χ4n) is 2.02. The third kappa shape index (κ3) is 4.18. The van der Waals surface area contributed by atoms with E-state index in [0.717, 1.165) is 23.1 Å². The summed E-state index contributed by atoms with van der Waals surface area (Å²) in [5.74, 6) is -0.808. The molecule has 0 saturated heterocycles. The van der Waals surface area contributed by atoms with E-state index in [1.54, 1.807) is 0 Å². The Kier molecular flexibility index (Phi) is 5.69. The molecule has 9 heteroatoms. The van der Waals surface area contributed by atoms with Crippen LogP contribution in [0.5, 0.6) is 0 Å². The average Bonchev–Trinajstić information content (AvgIpc) is 2.51. The number of amides is 1. The Balaban J connectivity index is 2.43. The molecule has 0 aliphatic heterocycles. The van der Waals surface area contributed by atoms with Crippen LogP contribution in [-0.4, -0.2) is 23.8 Å². The van der Waals surface area contributed by atoms with E-state index in [0.29, 0.717) is 0 Å². The highest BCUT2D eigenvalue weighted by molar-refractivity contribution is 6.35. The Hall–Kier alpha value is -2.25. The van der Waals surface area contributed by atoms with Crippen LogP contribution in [0.3, 0.4) is 0 Å². The zero-order valence-electron chi connectivity index (χ0n) is 12.0. The van der Waals surface area contributed by atoms with E-state index in [4.69, 9.17) is 23.2 Å². The summed E-state index contributed by atoms with van der Waals surface area (Å²) in [7, 11) is 0. The van der Waals surface area contributed by atoms with Gasteiger partial charge in [-0.25, -0.2) is 8.78 Å². The topological polar surface area (TPSA) is 63.4 Å². The predicted octanol–water partition coefficient (Wildman–Crippen LogP) is 4.81. The number of anilines is 1. The van der Waals surface area contributed by atoms with Crippen molar-refractivity contribution in [2.45, 2.75) is 6.43 Å². The third-order valence-corrected chi connectivity index (χ3v) is 3.63. The van der Waals surface area contributed by atoms with E-state index in [1.807, 2.05) is 0 Å². The van der Waals surface area contributed by atoms with E-state index < -0.39 is 23.8 Å². The largest absolute Gasteiger partial charge is 0.303 e. The van der Waals surface area contributed by atoms with E-state index in [-0.39, 0.29) is 27.0 Å². The molecule has 0 radical (unpaired) electrons. The van der Waals surface area contributed by atoms with Gasteiger partial charge in [0.15, 0.2) is 0 Å². The lowest BCUT2D eigenvalue weighted by molar-refractivity contribution is -0.384. The van der Waals surface area contributed by atoms with Gasteiger partial charge in [-0.15, -0.1) is 0 Å². The number of alkyl halides is 2. The standard InChI is InChI=1S/C15H10Cl2F2N2O3/c16-9-2-1-3-10(6-9)20(8-14(18)19)15(22)12-5-4-11(21(23)24)7-13(12)17/h1-7,14H,8H2. The van der Waals surface area contributed by atoms with Gasteiger partial charge in [0.1, 0.15) is 0 Å². The van der Waals surface area contributed by atoms with Crippen LogP contribution in [-0.2, 0) is 0 Å². The molecule has 24 heavy (non-hydrogen) atoms. The van der Waals surface area contributed by atoms with Crippen LogP contribution < -0.4 is 4.90 Å². The maximum absolute atomic E-state index is 12.9. The molecule has 0 atom stereocenters. The normalized spacial score (nSPS) is 10.7. The lowest BCUT2D eigenvalue weighted by Gasteiger charge is -2.23. The number of carbonyl (C=O) groups excluding carboxylic acids is 1. The highest BCUT2D eigenvalue weighted by Gasteiger charge is 2.24. The number of nitro groups is 1. The number of benzene rings is 2. The first-order chi connectivity index (χ1) is 11.3. The van der Waals surface area contributed by atoms with Crippen molar-refractivity contribution in [2.24, 2.45) is 0 Å². The van der Waals surface area contributed by atoms with Crippen LogP contribution in [0.25, 0.3) is 0 Å². The lowest BCUT2D eigenvalue weighted by Crippen LogP contribution is -2.35. The summed E-state index contributed by atoms with van der Waals surface area (Å²) in [5, 5.41) is 10.8. The number of rotatable bonds is 5. The molecule has 0 heterocycles. The van der Waals surface area contributed by atoms with Crippen LogP contribution in [0.1, 0.15) is 10.4 Å². The smallest absolute Gasteiger partial charge is 0.270 e. The summed E-state index contributed by atoms with van der Waals surface area (Å²) in [4.78, 5) is 23.5. The minimum Gasteiger partial charge on any atom is -0.303 e. The number of nitro benzene ring substituents is 1. The molecule has 2 rings (SSSR count). The number of hydrogen-bond acceptors (Lipinski definition) is 3. The van der Waals surface area contributed by atoms with Crippen molar-refractivity contribution in [3.63, 3.8) is 0 Å². The molecule has 0 fully saturated rings. The van der Waals surface area contributed by atoms with Gasteiger partial charge in [-0.2, -0.15) is 0 Å². The summed E-state index contributed by atoms with van der Waals surface area (Å²) in [6.45, 7) is -0.869. The molecule has 0 bridgehead atoms. The number of nitrogens with zero attached hydrogens (tertiary/aromatic N) is 2. The first kappa shape index (κ1) is 18.1. The van der Waals surface area contributed by atoms with Gasteiger partial charge in [-0.3, -0.25) is 14.9 Å². The second-order valence-electron chi connectivity index (χ2n) is 4.71. The second kappa shape index (κ2) is 7.55. The van der Waals surface area contributed by atoms with Gasteiger partial charge in [0.25, 0.3) is 18.0 Å². The molecule has 0 aromatic heterocycles. The molecular formula is C15H10Cl2F2N2O3. The molecular weight excluding hydrogens is 365 g/mol. The predicted molar refractivity (Wildman–Crippen MR) is 87.2 cm³/mol. The van der Waals surface area contributed by atoms with E-state index >= 15 is 0 Å². The van der Waals surface area contributed by atoms with Gasteiger partial charge in [0.2, 0.25) is 0 Å². The lowest BCUT2D eigenvalue weighted by atomic mass is 10.1. The SMILES string of the molecule is O=C(c1ccc([N+](=O)[O-])cc1Cl)N(CC(F)F)c1cccc(Cl)c1. The van der Waals surface area contributed by atoms with Gasteiger partial charge in [-0.05, 0) is 24.3 Å². The van der Waals surface area contributed by atoms with Gasteiger partial charge >= 0.3 is 0 Å². The molecule has 0 N–H and O–H groups in total. The minimum atomic E-state index is -2.79. The first-order valence-electron chi connectivity index (χ1n) is 6.59. The zero-order valence-corrected chi connectivity index (χ0v) is 13.5. The fraction of sp³-hybridized carbons (Fsp3) is 0.133. The van der Waals surface area contributed by atoms with Crippen molar-refractivity contribution in [3.05, 3.63) is 68.2 Å². The van der Waals surface area contributed by atoms with Crippen LogP contribution >= 0.6 is 23.2 Å². The average molecular weight is 375 g/mol. The van der Waals surface area contributed by atoms with Crippen LogP contribution in [0.15, 0.2) is 42.5 Å². The van der Waals surface area contributed by atoms with Gasteiger partial charge in [-0.1, -0.05) is 29.3 Å². The fourth-order valence-corrected chi connectivity index (χ4v) is 2.46. The molecule has 0 aliphatic rings. The summed E-state index contributed by atoms with van der Waals surface area (Å²) in [6.07, 6.45) is -2.79. The quantitative estimate of drug-likeness (QED) is 0.556. The van der Waals surface area contributed by atoms with E-state index in [1.165, 1.54) is 24.3 Å². The number of halogens is 4. The van der Waals surface area contributed by atoms with Gasteiger partial charge < -0.3 is 4.90 Å². The highest BCUT2D eigenvalue weighted by atomic mass is 35.5. The van der Waals surface area contributed by atoms with Crippen molar-refractivity contribution in [1.29, 1.82) is 0 Å².